The topological polar surface area (TPSA) is 72.6 Å². The van der Waals surface area contributed by atoms with Crippen molar-refractivity contribution in [2.45, 2.75) is 20.3 Å². The van der Waals surface area contributed by atoms with Crippen LogP contribution in [0.5, 0.6) is 0 Å². The highest BCUT2D eigenvalue weighted by molar-refractivity contribution is 5.92. The third-order valence-electron chi connectivity index (χ3n) is 2.25. The zero-order valence-electron chi connectivity index (χ0n) is 10.2. The maximum atomic E-state index is 11.8. The molecular formula is C11H16N2O4. The van der Waals surface area contributed by atoms with E-state index in [0.29, 0.717) is 12.2 Å². The highest BCUT2D eigenvalue weighted by atomic mass is 16.5. The van der Waals surface area contributed by atoms with Crippen molar-refractivity contribution >= 4 is 11.9 Å². The van der Waals surface area contributed by atoms with Gasteiger partial charge in [-0.1, -0.05) is 5.16 Å². The molecule has 1 rings (SSSR count). The summed E-state index contributed by atoms with van der Waals surface area (Å²) < 4.78 is 9.62. The Hall–Kier alpha value is -1.85. The number of esters is 1. The van der Waals surface area contributed by atoms with E-state index in [1.54, 1.807) is 20.9 Å². The number of amides is 1. The molecule has 6 nitrogen and oxygen atoms in total. The first-order valence-electron chi connectivity index (χ1n) is 5.38. The molecular weight excluding hydrogens is 224 g/mol. The van der Waals surface area contributed by atoms with Crippen molar-refractivity contribution in [3.8, 4) is 0 Å². The number of hydrogen-bond acceptors (Lipinski definition) is 5. The van der Waals surface area contributed by atoms with Crippen molar-refractivity contribution in [3.63, 3.8) is 0 Å². The second-order valence-corrected chi connectivity index (χ2v) is 3.62. The molecule has 0 spiro atoms. The van der Waals surface area contributed by atoms with Gasteiger partial charge in [-0.3, -0.25) is 9.59 Å². The molecule has 17 heavy (non-hydrogen) atoms. The van der Waals surface area contributed by atoms with E-state index in [0.717, 1.165) is 0 Å². The standard InChI is InChI=1S/C11H16N2O4/c1-4-16-9(14)5-6-13(3)11(15)10-8(2)7-12-17-10/h7H,4-6H2,1-3H3. The summed E-state index contributed by atoms with van der Waals surface area (Å²) in [6.45, 7) is 4.11. The number of nitrogens with zero attached hydrogens (tertiary/aromatic N) is 2. The molecule has 0 atom stereocenters. The third kappa shape index (κ3) is 3.58. The minimum Gasteiger partial charge on any atom is -0.466 e. The number of carbonyl (C=O) groups excluding carboxylic acids is 2. The van der Waals surface area contributed by atoms with Gasteiger partial charge in [0.2, 0.25) is 5.76 Å². The summed E-state index contributed by atoms with van der Waals surface area (Å²) >= 11 is 0. The summed E-state index contributed by atoms with van der Waals surface area (Å²) in [5.41, 5.74) is 0.679. The SMILES string of the molecule is CCOC(=O)CCN(C)C(=O)c1oncc1C. The zero-order chi connectivity index (χ0) is 12.8. The van der Waals surface area contributed by atoms with Crippen molar-refractivity contribution in [2.75, 3.05) is 20.2 Å². The van der Waals surface area contributed by atoms with Crippen LogP contribution in [0.15, 0.2) is 10.7 Å². The molecule has 0 bridgehead atoms. The number of aromatic nitrogens is 1. The van der Waals surface area contributed by atoms with Crippen LogP contribution in [0.25, 0.3) is 0 Å². The predicted octanol–water partition coefficient (Wildman–Crippen LogP) is 1.01. The molecule has 0 aromatic carbocycles. The molecule has 6 heteroatoms. The lowest BCUT2D eigenvalue weighted by molar-refractivity contribution is -0.143. The molecule has 1 aromatic heterocycles. The Kier molecular flexibility index (Phi) is 4.68. The number of hydrogen-bond donors (Lipinski definition) is 0. The Morgan fingerprint density at radius 2 is 2.24 bits per heavy atom. The largest absolute Gasteiger partial charge is 0.466 e. The molecule has 1 heterocycles. The third-order valence-corrected chi connectivity index (χ3v) is 2.25. The van der Waals surface area contributed by atoms with Gasteiger partial charge in [0.1, 0.15) is 0 Å². The summed E-state index contributed by atoms with van der Waals surface area (Å²) in [7, 11) is 1.60. The Morgan fingerprint density at radius 1 is 1.53 bits per heavy atom. The molecule has 1 aromatic rings. The smallest absolute Gasteiger partial charge is 0.307 e. The van der Waals surface area contributed by atoms with Crippen LogP contribution in [-0.4, -0.2) is 42.1 Å². The number of aryl methyl sites for hydroxylation is 1. The number of ether oxygens (including phenoxy) is 1. The molecule has 0 radical (unpaired) electrons. The van der Waals surface area contributed by atoms with E-state index in [4.69, 9.17) is 9.26 Å². The van der Waals surface area contributed by atoms with E-state index in [2.05, 4.69) is 5.16 Å². The molecule has 0 aliphatic heterocycles. The highest BCUT2D eigenvalue weighted by Gasteiger charge is 2.19. The van der Waals surface area contributed by atoms with E-state index in [1.165, 1.54) is 11.1 Å². The van der Waals surface area contributed by atoms with Gasteiger partial charge in [0, 0.05) is 19.2 Å². The zero-order valence-corrected chi connectivity index (χ0v) is 10.2. The molecule has 0 N–H and O–H groups in total. The molecule has 0 fully saturated rings. The van der Waals surface area contributed by atoms with Crippen molar-refractivity contribution in [1.29, 1.82) is 0 Å². The summed E-state index contributed by atoms with van der Waals surface area (Å²) in [5, 5.41) is 3.54. The molecule has 0 saturated carbocycles. The Balaban J connectivity index is 2.48. The van der Waals surface area contributed by atoms with Gasteiger partial charge in [0.25, 0.3) is 5.91 Å². The minimum absolute atomic E-state index is 0.170. The Bertz CT molecular complexity index is 400. The number of carbonyl (C=O) groups is 2. The fraction of sp³-hybridized carbons (Fsp3) is 0.545. The van der Waals surface area contributed by atoms with Gasteiger partial charge >= 0.3 is 5.97 Å². The maximum Gasteiger partial charge on any atom is 0.307 e. The van der Waals surface area contributed by atoms with Crippen LogP contribution in [0.3, 0.4) is 0 Å². The first-order valence-corrected chi connectivity index (χ1v) is 5.38. The molecule has 0 aliphatic rings. The minimum atomic E-state index is -0.318. The van der Waals surface area contributed by atoms with E-state index in [9.17, 15) is 9.59 Å². The number of rotatable bonds is 5. The van der Waals surface area contributed by atoms with Crippen LogP contribution in [0.2, 0.25) is 0 Å². The Labute approximate surface area is 99.5 Å². The molecule has 94 valence electrons. The first kappa shape index (κ1) is 13.2. The predicted molar refractivity (Wildman–Crippen MR) is 59.5 cm³/mol. The lowest BCUT2D eigenvalue weighted by Gasteiger charge is -2.14. The second kappa shape index (κ2) is 6.03. The molecule has 1 amide bonds. The average molecular weight is 240 g/mol. The highest BCUT2D eigenvalue weighted by Crippen LogP contribution is 2.09. The summed E-state index contributed by atoms with van der Waals surface area (Å²) in [5.74, 6) is -0.401. The van der Waals surface area contributed by atoms with Crippen molar-refractivity contribution < 1.29 is 18.8 Å². The second-order valence-electron chi connectivity index (χ2n) is 3.62. The van der Waals surface area contributed by atoms with Crippen LogP contribution < -0.4 is 0 Å². The van der Waals surface area contributed by atoms with Gasteiger partial charge in [-0.05, 0) is 13.8 Å². The fourth-order valence-corrected chi connectivity index (χ4v) is 1.26. The van der Waals surface area contributed by atoms with Crippen molar-refractivity contribution in [1.82, 2.24) is 10.1 Å². The van der Waals surface area contributed by atoms with Gasteiger partial charge in [-0.25, -0.2) is 0 Å². The van der Waals surface area contributed by atoms with Crippen molar-refractivity contribution in [2.24, 2.45) is 0 Å². The summed E-state index contributed by atoms with van der Waals surface area (Å²) in [4.78, 5) is 24.4. The lowest BCUT2D eigenvalue weighted by atomic mass is 10.2. The first-order chi connectivity index (χ1) is 8.06. The van der Waals surface area contributed by atoms with E-state index in [1.807, 2.05) is 0 Å². The van der Waals surface area contributed by atoms with Crippen LogP contribution in [-0.2, 0) is 9.53 Å². The van der Waals surface area contributed by atoms with Crippen LogP contribution in [0, 0.1) is 6.92 Å². The van der Waals surface area contributed by atoms with Crippen LogP contribution >= 0.6 is 0 Å². The average Bonchev–Trinajstić information content (AvgIpc) is 2.71. The summed E-state index contributed by atoms with van der Waals surface area (Å²) in [6.07, 6.45) is 1.65. The van der Waals surface area contributed by atoms with Gasteiger partial charge < -0.3 is 14.2 Å². The van der Waals surface area contributed by atoms with Gasteiger partial charge in [-0.2, -0.15) is 0 Å². The molecule has 0 saturated heterocycles. The van der Waals surface area contributed by atoms with Gasteiger partial charge in [-0.15, -0.1) is 0 Å². The monoisotopic (exact) mass is 240 g/mol. The molecule has 0 aliphatic carbocycles. The quantitative estimate of drug-likeness (QED) is 0.718. The van der Waals surface area contributed by atoms with E-state index < -0.39 is 0 Å². The maximum absolute atomic E-state index is 11.8. The van der Waals surface area contributed by atoms with Crippen LogP contribution in [0.1, 0.15) is 29.5 Å². The van der Waals surface area contributed by atoms with Gasteiger partial charge in [0.15, 0.2) is 0 Å². The normalized spacial score (nSPS) is 10.1. The lowest BCUT2D eigenvalue weighted by Crippen LogP contribution is -2.29. The fourth-order valence-electron chi connectivity index (χ4n) is 1.26. The van der Waals surface area contributed by atoms with Crippen molar-refractivity contribution in [3.05, 3.63) is 17.5 Å². The van der Waals surface area contributed by atoms with E-state index in [-0.39, 0.29) is 30.6 Å². The van der Waals surface area contributed by atoms with Gasteiger partial charge in [0.05, 0.1) is 19.2 Å². The summed E-state index contributed by atoms with van der Waals surface area (Å²) in [6, 6.07) is 0. The van der Waals surface area contributed by atoms with Crippen LogP contribution in [0.4, 0.5) is 0 Å². The van der Waals surface area contributed by atoms with E-state index >= 15 is 0 Å². The molecule has 0 unspecified atom stereocenters. The Morgan fingerprint density at radius 3 is 2.76 bits per heavy atom.